The Labute approximate surface area is 143 Å². The third kappa shape index (κ3) is 4.54. The maximum atomic E-state index is 12.2. The zero-order valence-corrected chi connectivity index (χ0v) is 14.4. The molecule has 0 spiro atoms. The number of methoxy groups -OCH3 is 1. The highest BCUT2D eigenvalue weighted by Crippen LogP contribution is 2.27. The molecular weight excluding hydrogens is 336 g/mol. The summed E-state index contributed by atoms with van der Waals surface area (Å²) in [5.74, 6) is -0.481. The minimum absolute atomic E-state index is 0.178. The number of nitrogens with one attached hydrogen (secondary N) is 2. The first-order valence-electron chi connectivity index (χ1n) is 6.96. The van der Waals surface area contributed by atoms with Gasteiger partial charge in [0, 0.05) is 13.7 Å². The van der Waals surface area contributed by atoms with Crippen molar-refractivity contribution in [2.45, 2.75) is 6.92 Å². The van der Waals surface area contributed by atoms with Gasteiger partial charge in [-0.1, -0.05) is 23.7 Å². The van der Waals surface area contributed by atoms with Crippen molar-refractivity contribution < 1.29 is 14.3 Å². The Balaban J connectivity index is 2.07. The molecule has 5 nitrogen and oxygen atoms in total. The molecule has 2 aromatic rings. The molecule has 23 heavy (non-hydrogen) atoms. The number of hydrogen-bond donors (Lipinski definition) is 2. The summed E-state index contributed by atoms with van der Waals surface area (Å²) in [5.41, 5.74) is 1.20. The molecule has 2 N–H and O–H groups in total. The van der Waals surface area contributed by atoms with Crippen molar-refractivity contribution >= 4 is 39.8 Å². The van der Waals surface area contributed by atoms with E-state index < -0.39 is 0 Å². The van der Waals surface area contributed by atoms with Crippen molar-refractivity contribution in [3.8, 4) is 0 Å². The molecule has 0 bridgehead atoms. The molecule has 0 atom stereocenters. The van der Waals surface area contributed by atoms with Crippen LogP contribution in [0.5, 0.6) is 0 Å². The number of anilines is 1. The Hall–Kier alpha value is -1.89. The lowest BCUT2D eigenvalue weighted by Crippen LogP contribution is -2.26. The smallest absolute Gasteiger partial charge is 0.261 e. The molecule has 1 aromatic carbocycles. The zero-order chi connectivity index (χ0) is 16.8. The number of rotatable bonds is 6. The second kappa shape index (κ2) is 8.10. The number of benzene rings is 1. The summed E-state index contributed by atoms with van der Waals surface area (Å²) in [6.07, 6.45) is 0. The van der Waals surface area contributed by atoms with Gasteiger partial charge in [-0.3, -0.25) is 9.59 Å². The van der Waals surface area contributed by atoms with E-state index in [0.717, 1.165) is 5.56 Å². The fraction of sp³-hybridized carbons (Fsp3) is 0.250. The summed E-state index contributed by atoms with van der Waals surface area (Å²) in [4.78, 5) is 24.9. The van der Waals surface area contributed by atoms with Crippen LogP contribution in [0.25, 0.3) is 0 Å². The van der Waals surface area contributed by atoms with E-state index in [2.05, 4.69) is 10.6 Å². The molecule has 2 amide bonds. The van der Waals surface area contributed by atoms with Crippen LogP contribution in [-0.2, 0) is 4.74 Å². The first kappa shape index (κ1) is 17.5. The van der Waals surface area contributed by atoms with Gasteiger partial charge in [-0.25, -0.2) is 0 Å². The SMILES string of the molecule is COCCNC(=O)c1sc(NC(=O)c2ccccc2Cl)cc1C. The summed E-state index contributed by atoms with van der Waals surface area (Å²) >= 11 is 7.24. The zero-order valence-electron chi connectivity index (χ0n) is 12.8. The molecule has 0 saturated heterocycles. The van der Waals surface area contributed by atoms with E-state index in [9.17, 15) is 9.59 Å². The van der Waals surface area contributed by atoms with Crippen molar-refractivity contribution in [1.29, 1.82) is 0 Å². The van der Waals surface area contributed by atoms with Crippen molar-refractivity contribution in [1.82, 2.24) is 5.32 Å². The molecule has 1 aromatic heterocycles. The minimum Gasteiger partial charge on any atom is -0.383 e. The van der Waals surface area contributed by atoms with E-state index in [4.69, 9.17) is 16.3 Å². The lowest BCUT2D eigenvalue weighted by Gasteiger charge is -2.04. The number of hydrogen-bond acceptors (Lipinski definition) is 4. The van der Waals surface area contributed by atoms with Crippen LogP contribution in [0.15, 0.2) is 30.3 Å². The quantitative estimate of drug-likeness (QED) is 0.783. The lowest BCUT2D eigenvalue weighted by molar-refractivity contribution is 0.0940. The van der Waals surface area contributed by atoms with Gasteiger partial charge in [-0.05, 0) is 30.7 Å². The van der Waals surface area contributed by atoms with Crippen molar-refractivity contribution in [2.24, 2.45) is 0 Å². The summed E-state index contributed by atoms with van der Waals surface area (Å²) in [6.45, 7) is 2.72. The van der Waals surface area contributed by atoms with Crippen LogP contribution < -0.4 is 10.6 Å². The molecule has 0 aliphatic carbocycles. The van der Waals surface area contributed by atoms with E-state index in [-0.39, 0.29) is 11.8 Å². The number of carbonyl (C=O) groups excluding carboxylic acids is 2. The average Bonchev–Trinajstić information content (AvgIpc) is 2.88. The molecule has 0 aliphatic rings. The number of carbonyl (C=O) groups is 2. The van der Waals surface area contributed by atoms with Crippen molar-refractivity contribution in [2.75, 3.05) is 25.6 Å². The monoisotopic (exact) mass is 352 g/mol. The van der Waals surface area contributed by atoms with E-state index in [1.807, 2.05) is 6.92 Å². The number of ether oxygens (including phenoxy) is 1. The van der Waals surface area contributed by atoms with Crippen LogP contribution in [0.2, 0.25) is 5.02 Å². The Morgan fingerprint density at radius 3 is 2.70 bits per heavy atom. The van der Waals surface area contributed by atoms with Crippen molar-refractivity contribution in [3.63, 3.8) is 0 Å². The molecule has 2 rings (SSSR count). The number of aryl methyl sites for hydroxylation is 1. The van der Waals surface area contributed by atoms with Gasteiger partial charge in [0.15, 0.2) is 0 Å². The summed E-state index contributed by atoms with van der Waals surface area (Å²) in [6, 6.07) is 8.58. The number of amides is 2. The summed E-state index contributed by atoms with van der Waals surface area (Å²) in [7, 11) is 1.57. The second-order valence-corrected chi connectivity index (χ2v) is 6.26. The minimum atomic E-state index is -0.303. The Morgan fingerprint density at radius 1 is 1.26 bits per heavy atom. The van der Waals surface area contributed by atoms with Crippen LogP contribution in [0.1, 0.15) is 25.6 Å². The predicted molar refractivity (Wildman–Crippen MR) is 92.7 cm³/mol. The molecule has 0 radical (unpaired) electrons. The topological polar surface area (TPSA) is 67.4 Å². The lowest BCUT2D eigenvalue weighted by atomic mass is 10.2. The second-order valence-electron chi connectivity index (χ2n) is 4.81. The molecule has 1 heterocycles. The number of thiophene rings is 1. The molecule has 122 valence electrons. The Morgan fingerprint density at radius 2 is 2.00 bits per heavy atom. The van der Waals surface area contributed by atoms with Crippen LogP contribution >= 0.6 is 22.9 Å². The van der Waals surface area contributed by atoms with Gasteiger partial charge >= 0.3 is 0 Å². The first-order chi connectivity index (χ1) is 11.0. The molecular formula is C16H17ClN2O3S. The van der Waals surface area contributed by atoms with Gasteiger partial charge in [0.1, 0.15) is 0 Å². The Bertz CT molecular complexity index is 715. The Kier molecular flexibility index (Phi) is 6.15. The molecule has 0 fully saturated rings. The summed E-state index contributed by atoms with van der Waals surface area (Å²) < 4.78 is 4.90. The third-order valence-corrected chi connectivity index (χ3v) is 4.55. The van der Waals surface area contributed by atoms with Gasteiger partial charge in [-0.2, -0.15) is 0 Å². The standard InChI is InChI=1S/C16H17ClN2O3S/c1-10-9-13(23-14(10)16(21)18-7-8-22-2)19-15(20)11-5-3-4-6-12(11)17/h3-6,9H,7-8H2,1-2H3,(H,18,21)(H,19,20). The highest BCUT2D eigenvalue weighted by atomic mass is 35.5. The number of halogens is 1. The fourth-order valence-corrected chi connectivity index (χ4v) is 3.15. The van der Waals surface area contributed by atoms with Crippen molar-refractivity contribution in [3.05, 3.63) is 51.4 Å². The fourth-order valence-electron chi connectivity index (χ4n) is 1.94. The molecule has 7 heteroatoms. The van der Waals surface area contributed by atoms with Crippen LogP contribution in [-0.4, -0.2) is 32.1 Å². The normalized spacial score (nSPS) is 10.4. The van der Waals surface area contributed by atoms with Gasteiger partial charge in [0.25, 0.3) is 11.8 Å². The van der Waals surface area contributed by atoms with Crippen LogP contribution in [0.4, 0.5) is 5.00 Å². The first-order valence-corrected chi connectivity index (χ1v) is 8.16. The van der Waals surface area contributed by atoms with Gasteiger partial charge in [0.2, 0.25) is 0 Å². The van der Waals surface area contributed by atoms with Crippen LogP contribution in [0.3, 0.4) is 0 Å². The predicted octanol–water partition coefficient (Wildman–Crippen LogP) is 3.34. The van der Waals surface area contributed by atoms with Gasteiger partial charge in [-0.15, -0.1) is 11.3 Å². The molecule has 0 unspecified atom stereocenters. The highest BCUT2D eigenvalue weighted by molar-refractivity contribution is 7.18. The molecule has 0 aliphatic heterocycles. The largest absolute Gasteiger partial charge is 0.383 e. The maximum Gasteiger partial charge on any atom is 0.261 e. The average molecular weight is 353 g/mol. The van der Waals surface area contributed by atoms with E-state index in [1.54, 1.807) is 37.4 Å². The van der Waals surface area contributed by atoms with E-state index in [0.29, 0.717) is 33.6 Å². The maximum absolute atomic E-state index is 12.2. The summed E-state index contributed by atoms with van der Waals surface area (Å²) in [5, 5.41) is 6.52. The van der Waals surface area contributed by atoms with Gasteiger partial charge in [0.05, 0.1) is 27.1 Å². The van der Waals surface area contributed by atoms with E-state index >= 15 is 0 Å². The van der Waals surface area contributed by atoms with Gasteiger partial charge < -0.3 is 15.4 Å². The van der Waals surface area contributed by atoms with E-state index in [1.165, 1.54) is 11.3 Å². The third-order valence-electron chi connectivity index (χ3n) is 3.07. The van der Waals surface area contributed by atoms with Crippen LogP contribution in [0, 0.1) is 6.92 Å². The highest BCUT2D eigenvalue weighted by Gasteiger charge is 2.16. The molecule has 0 saturated carbocycles.